The van der Waals surface area contributed by atoms with Crippen molar-refractivity contribution in [1.82, 2.24) is 5.32 Å². The predicted molar refractivity (Wildman–Crippen MR) is 167 cm³/mol. The van der Waals surface area contributed by atoms with Gasteiger partial charge in [-0.3, -0.25) is 0 Å². The average molecular weight is 602 g/mol. The Kier molecular flexibility index (Phi) is 12.3. The van der Waals surface area contributed by atoms with E-state index in [2.05, 4.69) is 11.4 Å². The van der Waals surface area contributed by atoms with Gasteiger partial charge in [-0.25, -0.2) is 8.42 Å². The average Bonchev–Trinajstić information content (AvgIpc) is 3.51. The van der Waals surface area contributed by atoms with Crippen LogP contribution in [0, 0.1) is 6.92 Å². The zero-order chi connectivity index (χ0) is 30.0. The molecule has 2 aliphatic rings. The van der Waals surface area contributed by atoms with Crippen molar-refractivity contribution in [3.63, 3.8) is 0 Å². The lowest BCUT2D eigenvalue weighted by Crippen LogP contribution is -2.35. The van der Waals surface area contributed by atoms with Crippen LogP contribution in [0.2, 0.25) is 0 Å². The van der Waals surface area contributed by atoms with Crippen molar-refractivity contribution in [2.24, 2.45) is 0 Å². The van der Waals surface area contributed by atoms with Gasteiger partial charge in [-0.2, -0.15) is 0 Å². The van der Waals surface area contributed by atoms with E-state index in [9.17, 15) is 13.5 Å². The quantitative estimate of drug-likeness (QED) is 0.198. The van der Waals surface area contributed by atoms with E-state index >= 15 is 0 Å². The molecule has 1 aliphatic heterocycles. The number of ether oxygens (including phenoxy) is 3. The van der Waals surface area contributed by atoms with Crippen molar-refractivity contribution in [1.29, 1.82) is 0 Å². The molecule has 1 aliphatic carbocycles. The number of benzene rings is 2. The molecule has 0 radical (unpaired) electrons. The molecule has 7 nitrogen and oxygen atoms in total. The molecule has 1 heterocycles. The monoisotopic (exact) mass is 601 g/mol. The minimum Gasteiger partial charge on any atom is -0.463 e. The van der Waals surface area contributed by atoms with Crippen molar-refractivity contribution in [3.05, 3.63) is 58.7 Å². The maximum Gasteiger partial charge on any atom is 0.205 e. The molecule has 0 bridgehead atoms. The second-order valence-corrected chi connectivity index (χ2v) is 14.7. The molecule has 42 heavy (non-hydrogen) atoms. The van der Waals surface area contributed by atoms with Crippen molar-refractivity contribution in [2.45, 2.75) is 120 Å². The van der Waals surface area contributed by atoms with E-state index in [-0.39, 0.29) is 5.25 Å². The molecule has 2 aromatic carbocycles. The number of hydrogen-bond acceptors (Lipinski definition) is 7. The van der Waals surface area contributed by atoms with E-state index < -0.39 is 21.7 Å². The Balaban J connectivity index is 1.00. The van der Waals surface area contributed by atoms with Crippen molar-refractivity contribution in [2.75, 3.05) is 26.3 Å². The van der Waals surface area contributed by atoms with Crippen LogP contribution in [-0.4, -0.2) is 50.9 Å². The fourth-order valence-corrected chi connectivity index (χ4v) is 7.89. The topological polar surface area (TPSA) is 94.1 Å². The first-order chi connectivity index (χ1) is 20.1. The second-order valence-electron chi connectivity index (χ2n) is 12.5. The van der Waals surface area contributed by atoms with Gasteiger partial charge < -0.3 is 24.6 Å². The Morgan fingerprint density at radius 2 is 1.74 bits per heavy atom. The summed E-state index contributed by atoms with van der Waals surface area (Å²) in [6.45, 7) is 9.21. The van der Waals surface area contributed by atoms with Gasteiger partial charge in [0, 0.05) is 39.2 Å². The summed E-state index contributed by atoms with van der Waals surface area (Å²) >= 11 is 0. The highest BCUT2D eigenvalue weighted by atomic mass is 32.2. The van der Waals surface area contributed by atoms with E-state index in [0.717, 1.165) is 118 Å². The van der Waals surface area contributed by atoms with Crippen molar-refractivity contribution in [3.8, 4) is 5.75 Å². The molecule has 4 rings (SSSR count). The third-order valence-electron chi connectivity index (χ3n) is 8.31. The summed E-state index contributed by atoms with van der Waals surface area (Å²) in [4.78, 5) is 0.511. The Morgan fingerprint density at radius 1 is 1.00 bits per heavy atom. The van der Waals surface area contributed by atoms with Crippen LogP contribution in [-0.2, 0) is 32.3 Å². The third-order valence-corrected chi connectivity index (χ3v) is 10.6. The Bertz CT molecular complexity index is 1240. The molecule has 1 atom stereocenters. The van der Waals surface area contributed by atoms with E-state index in [4.69, 9.17) is 14.2 Å². The lowest BCUT2D eigenvalue weighted by atomic mass is 10.0. The van der Waals surface area contributed by atoms with E-state index in [1.165, 1.54) is 0 Å². The molecule has 2 N–H and O–H groups in total. The maximum absolute atomic E-state index is 13.0. The molecule has 234 valence electrons. The zero-order valence-electron chi connectivity index (χ0n) is 25.8. The van der Waals surface area contributed by atoms with Gasteiger partial charge >= 0.3 is 0 Å². The van der Waals surface area contributed by atoms with Crippen LogP contribution < -0.4 is 10.1 Å². The van der Waals surface area contributed by atoms with E-state index in [1.54, 1.807) is 0 Å². The lowest BCUT2D eigenvalue weighted by molar-refractivity contribution is -0.180. The molecule has 0 saturated heterocycles. The fourth-order valence-electron chi connectivity index (χ4n) is 5.89. The Morgan fingerprint density at radius 3 is 2.52 bits per heavy atom. The van der Waals surface area contributed by atoms with Gasteiger partial charge in [0.2, 0.25) is 5.79 Å². The van der Waals surface area contributed by atoms with Gasteiger partial charge in [0.1, 0.15) is 5.75 Å². The van der Waals surface area contributed by atoms with Gasteiger partial charge in [-0.1, -0.05) is 37.8 Å². The second kappa shape index (κ2) is 15.7. The van der Waals surface area contributed by atoms with Crippen LogP contribution in [0.1, 0.15) is 106 Å². The molecule has 8 heteroatoms. The standard InChI is InChI=1S/C34H51NO6S/c1-26-20-27(22-31(21-26)42(37,38)30-13-6-7-14-30)12-8-11-19-39-18-10-5-4-9-17-35-24-32(36)28-15-16-33-29(23-28)25-40-34(2,3)41-33/h15-16,20-23,30,32,35-36H,4-14,17-19,24-25H2,1-3H3/t32-/m0/s1. The third kappa shape index (κ3) is 9.78. The van der Waals surface area contributed by atoms with E-state index in [1.807, 2.05) is 51.1 Å². The highest BCUT2D eigenvalue weighted by Crippen LogP contribution is 2.33. The molecular formula is C34H51NO6S. The van der Waals surface area contributed by atoms with Crippen molar-refractivity contribution >= 4 is 9.84 Å². The summed E-state index contributed by atoms with van der Waals surface area (Å²) in [6, 6.07) is 11.7. The van der Waals surface area contributed by atoms with Crippen LogP contribution >= 0.6 is 0 Å². The molecule has 0 spiro atoms. The summed E-state index contributed by atoms with van der Waals surface area (Å²) in [7, 11) is -3.21. The number of fused-ring (bicyclic) bond motifs is 1. The summed E-state index contributed by atoms with van der Waals surface area (Å²) in [5.41, 5.74) is 3.99. The number of aryl methyl sites for hydroxylation is 2. The first-order valence-corrected chi connectivity index (χ1v) is 17.5. The molecule has 0 aromatic heterocycles. The fraction of sp³-hybridized carbons (Fsp3) is 0.647. The number of aliphatic hydroxyl groups excluding tert-OH is 1. The predicted octanol–water partition coefficient (Wildman–Crippen LogP) is 6.58. The van der Waals surface area contributed by atoms with Crippen LogP contribution in [0.4, 0.5) is 0 Å². The largest absolute Gasteiger partial charge is 0.463 e. The number of aliphatic hydroxyl groups is 1. The molecule has 1 saturated carbocycles. The van der Waals surface area contributed by atoms with Gasteiger partial charge in [0.25, 0.3) is 0 Å². The van der Waals surface area contributed by atoms with Crippen LogP contribution in [0.5, 0.6) is 5.75 Å². The number of unbranched alkanes of at least 4 members (excludes halogenated alkanes) is 4. The summed E-state index contributed by atoms with van der Waals surface area (Å²) in [5.74, 6) is 0.210. The minimum atomic E-state index is -3.21. The molecule has 1 fully saturated rings. The smallest absolute Gasteiger partial charge is 0.205 e. The maximum atomic E-state index is 13.0. The first-order valence-electron chi connectivity index (χ1n) is 15.9. The van der Waals surface area contributed by atoms with Gasteiger partial charge in [-0.05, 0) is 99.4 Å². The van der Waals surface area contributed by atoms with Gasteiger partial charge in [0.05, 0.1) is 22.9 Å². The normalized spacial score (nSPS) is 17.6. The van der Waals surface area contributed by atoms with Crippen LogP contribution in [0.3, 0.4) is 0 Å². The number of rotatable bonds is 17. The number of nitrogens with one attached hydrogen (secondary N) is 1. The lowest BCUT2D eigenvalue weighted by Gasteiger charge is -2.33. The summed E-state index contributed by atoms with van der Waals surface area (Å²) in [6.07, 6.45) is 10.3. The SMILES string of the molecule is Cc1cc(CCCCOCCCCCCNC[C@H](O)c2ccc3c(c2)COC(C)(C)O3)cc(S(=O)(=O)C2CCCC2)c1. The Labute approximate surface area is 253 Å². The number of sulfone groups is 1. The first kappa shape index (κ1) is 32.9. The van der Waals surface area contributed by atoms with Crippen LogP contribution in [0.15, 0.2) is 41.3 Å². The molecule has 2 aromatic rings. The van der Waals surface area contributed by atoms with Gasteiger partial charge in [0.15, 0.2) is 9.84 Å². The highest BCUT2D eigenvalue weighted by Gasteiger charge is 2.30. The Hall–Kier alpha value is -1.97. The van der Waals surface area contributed by atoms with Crippen molar-refractivity contribution < 1.29 is 27.7 Å². The molecular weight excluding hydrogens is 550 g/mol. The molecule has 0 amide bonds. The zero-order valence-corrected chi connectivity index (χ0v) is 26.6. The van der Waals surface area contributed by atoms with Gasteiger partial charge in [-0.15, -0.1) is 0 Å². The molecule has 0 unspecified atom stereocenters. The summed E-state index contributed by atoms with van der Waals surface area (Å²) in [5, 5.41) is 13.7. The number of hydrogen-bond donors (Lipinski definition) is 2. The minimum absolute atomic E-state index is 0.199. The van der Waals surface area contributed by atoms with Crippen LogP contribution in [0.25, 0.3) is 0 Å². The highest BCUT2D eigenvalue weighted by molar-refractivity contribution is 7.92. The summed E-state index contributed by atoms with van der Waals surface area (Å²) < 4.78 is 43.4. The van der Waals surface area contributed by atoms with E-state index in [0.29, 0.717) is 18.0 Å².